The zero-order valence-electron chi connectivity index (χ0n) is 17.6. The third kappa shape index (κ3) is 4.24. The Bertz CT molecular complexity index is 987. The van der Waals surface area contributed by atoms with Crippen molar-refractivity contribution in [2.45, 2.75) is 56.4 Å². The van der Waals surface area contributed by atoms with E-state index in [0.717, 1.165) is 18.4 Å². The molecule has 0 spiro atoms. The second-order valence-corrected chi connectivity index (χ2v) is 10.8. The first kappa shape index (κ1) is 20.9. The van der Waals surface area contributed by atoms with E-state index in [1.807, 2.05) is 12.1 Å². The zero-order chi connectivity index (χ0) is 21.3. The maximum atomic E-state index is 13.4. The standard InChI is InChI=1S/C24H30N2O3S/c1-17(2)19-10-12-21(13-11-19)26(30(28,29)22-6-4-3-5-7-22)16-24(27)25-23-15-18-8-9-20(23)14-18/h3-7,10-13,17-18,20,23H,8-9,14-16H2,1-2H3,(H,25,27). The number of benzene rings is 2. The number of fused-ring (bicyclic) bond motifs is 2. The molecule has 0 aromatic heterocycles. The molecule has 0 radical (unpaired) electrons. The molecule has 160 valence electrons. The van der Waals surface area contributed by atoms with Crippen molar-refractivity contribution in [1.82, 2.24) is 5.32 Å². The molecule has 30 heavy (non-hydrogen) atoms. The Morgan fingerprint density at radius 2 is 1.73 bits per heavy atom. The number of carbonyl (C=O) groups excluding carboxylic acids is 1. The number of carbonyl (C=O) groups is 1. The van der Waals surface area contributed by atoms with E-state index in [9.17, 15) is 13.2 Å². The van der Waals surface area contributed by atoms with Gasteiger partial charge >= 0.3 is 0 Å². The summed E-state index contributed by atoms with van der Waals surface area (Å²) in [4.78, 5) is 13.1. The van der Waals surface area contributed by atoms with Gasteiger partial charge in [-0.2, -0.15) is 0 Å². The second kappa shape index (κ2) is 8.42. The molecule has 3 unspecified atom stereocenters. The van der Waals surface area contributed by atoms with Crippen LogP contribution in [-0.2, 0) is 14.8 Å². The van der Waals surface area contributed by atoms with Crippen molar-refractivity contribution in [2.75, 3.05) is 10.8 Å². The van der Waals surface area contributed by atoms with Crippen LogP contribution in [0.3, 0.4) is 0 Å². The molecule has 2 fully saturated rings. The van der Waals surface area contributed by atoms with E-state index >= 15 is 0 Å². The quantitative estimate of drug-likeness (QED) is 0.717. The number of sulfonamides is 1. The lowest BCUT2D eigenvalue weighted by atomic mass is 9.95. The van der Waals surface area contributed by atoms with E-state index in [1.165, 1.54) is 17.1 Å². The van der Waals surface area contributed by atoms with Crippen LogP contribution in [0.4, 0.5) is 5.69 Å². The maximum absolute atomic E-state index is 13.4. The average Bonchev–Trinajstić information content (AvgIpc) is 3.36. The second-order valence-electron chi connectivity index (χ2n) is 8.92. The number of amides is 1. The summed E-state index contributed by atoms with van der Waals surface area (Å²) < 4.78 is 28.0. The highest BCUT2D eigenvalue weighted by molar-refractivity contribution is 7.92. The minimum Gasteiger partial charge on any atom is -0.352 e. The SMILES string of the molecule is CC(C)c1ccc(N(CC(=O)NC2CC3CCC2C3)S(=O)(=O)c2ccccc2)cc1. The van der Waals surface area contributed by atoms with Crippen LogP contribution in [0.1, 0.15) is 51.0 Å². The number of anilines is 1. The van der Waals surface area contributed by atoms with Gasteiger partial charge in [-0.05, 0) is 66.8 Å². The summed E-state index contributed by atoms with van der Waals surface area (Å²) in [7, 11) is -3.85. The van der Waals surface area contributed by atoms with Crippen LogP contribution in [0, 0.1) is 11.8 Å². The van der Waals surface area contributed by atoms with Crippen LogP contribution in [-0.4, -0.2) is 26.9 Å². The Balaban J connectivity index is 1.59. The summed E-state index contributed by atoms with van der Waals surface area (Å²) in [5.74, 6) is 1.37. The number of hydrogen-bond acceptors (Lipinski definition) is 3. The summed E-state index contributed by atoms with van der Waals surface area (Å²) >= 11 is 0. The molecule has 0 heterocycles. The first-order valence-electron chi connectivity index (χ1n) is 10.8. The summed E-state index contributed by atoms with van der Waals surface area (Å²) in [6, 6.07) is 15.9. The van der Waals surface area contributed by atoms with Gasteiger partial charge in [0.05, 0.1) is 10.6 Å². The molecule has 0 aliphatic heterocycles. The molecule has 2 aliphatic carbocycles. The smallest absolute Gasteiger partial charge is 0.264 e. The van der Waals surface area contributed by atoms with Crippen molar-refractivity contribution in [3.05, 3.63) is 60.2 Å². The monoisotopic (exact) mass is 426 g/mol. The molecular formula is C24H30N2O3S. The molecule has 2 saturated carbocycles. The van der Waals surface area contributed by atoms with Crippen molar-refractivity contribution >= 4 is 21.6 Å². The summed E-state index contributed by atoms with van der Waals surface area (Å²) in [5, 5.41) is 3.12. The summed E-state index contributed by atoms with van der Waals surface area (Å²) in [6.07, 6.45) is 4.63. The molecule has 0 saturated heterocycles. The van der Waals surface area contributed by atoms with Crippen molar-refractivity contribution in [2.24, 2.45) is 11.8 Å². The lowest BCUT2D eigenvalue weighted by Crippen LogP contribution is -2.46. The molecule has 5 nitrogen and oxygen atoms in total. The molecular weight excluding hydrogens is 396 g/mol. The third-order valence-corrected chi connectivity index (χ3v) is 8.34. The van der Waals surface area contributed by atoms with Gasteiger partial charge in [0.2, 0.25) is 5.91 Å². The maximum Gasteiger partial charge on any atom is 0.264 e. The summed E-state index contributed by atoms with van der Waals surface area (Å²) in [6.45, 7) is 3.97. The topological polar surface area (TPSA) is 66.5 Å². The highest BCUT2D eigenvalue weighted by Gasteiger charge is 2.40. The van der Waals surface area contributed by atoms with E-state index < -0.39 is 10.0 Å². The Labute approximate surface area is 179 Å². The Kier molecular flexibility index (Phi) is 5.87. The van der Waals surface area contributed by atoms with Crippen molar-refractivity contribution in [3.63, 3.8) is 0 Å². The molecule has 1 amide bonds. The van der Waals surface area contributed by atoms with Gasteiger partial charge in [-0.25, -0.2) is 8.42 Å². The lowest BCUT2D eigenvalue weighted by molar-refractivity contribution is -0.120. The number of nitrogens with zero attached hydrogens (tertiary/aromatic N) is 1. The molecule has 3 atom stereocenters. The van der Waals surface area contributed by atoms with Gasteiger partial charge in [0.25, 0.3) is 10.0 Å². The van der Waals surface area contributed by atoms with E-state index in [1.54, 1.807) is 42.5 Å². The third-order valence-electron chi connectivity index (χ3n) is 6.55. The van der Waals surface area contributed by atoms with Crippen LogP contribution in [0.2, 0.25) is 0 Å². The van der Waals surface area contributed by atoms with Crippen LogP contribution in [0.15, 0.2) is 59.5 Å². The predicted molar refractivity (Wildman–Crippen MR) is 119 cm³/mol. The zero-order valence-corrected chi connectivity index (χ0v) is 18.4. The average molecular weight is 427 g/mol. The van der Waals surface area contributed by atoms with Crippen LogP contribution < -0.4 is 9.62 Å². The van der Waals surface area contributed by atoms with Crippen molar-refractivity contribution < 1.29 is 13.2 Å². The van der Waals surface area contributed by atoms with Gasteiger partial charge in [0, 0.05) is 6.04 Å². The van der Waals surface area contributed by atoms with Crippen LogP contribution in [0.25, 0.3) is 0 Å². The van der Waals surface area contributed by atoms with Crippen molar-refractivity contribution in [3.8, 4) is 0 Å². The van der Waals surface area contributed by atoms with Gasteiger partial charge < -0.3 is 5.32 Å². The van der Waals surface area contributed by atoms with E-state index in [-0.39, 0.29) is 23.4 Å². The number of hydrogen-bond donors (Lipinski definition) is 1. The van der Waals surface area contributed by atoms with Crippen LogP contribution >= 0.6 is 0 Å². The first-order chi connectivity index (χ1) is 14.3. The van der Waals surface area contributed by atoms with E-state index in [0.29, 0.717) is 23.4 Å². The molecule has 2 aromatic carbocycles. The van der Waals surface area contributed by atoms with E-state index in [4.69, 9.17) is 0 Å². The van der Waals surface area contributed by atoms with Crippen LogP contribution in [0.5, 0.6) is 0 Å². The van der Waals surface area contributed by atoms with Gasteiger partial charge in [-0.1, -0.05) is 50.6 Å². The molecule has 2 bridgehead atoms. The van der Waals surface area contributed by atoms with E-state index in [2.05, 4.69) is 19.2 Å². The normalized spacial score (nSPS) is 23.0. The fourth-order valence-corrected chi connectivity index (χ4v) is 6.31. The minimum atomic E-state index is -3.85. The fraction of sp³-hybridized carbons (Fsp3) is 0.458. The molecule has 2 aliphatic rings. The Hall–Kier alpha value is -2.34. The number of rotatable bonds is 7. The van der Waals surface area contributed by atoms with Crippen molar-refractivity contribution in [1.29, 1.82) is 0 Å². The largest absolute Gasteiger partial charge is 0.352 e. The Morgan fingerprint density at radius 1 is 1.03 bits per heavy atom. The summed E-state index contributed by atoms with van der Waals surface area (Å²) in [5.41, 5.74) is 1.63. The lowest BCUT2D eigenvalue weighted by Gasteiger charge is -2.27. The highest BCUT2D eigenvalue weighted by Crippen LogP contribution is 2.44. The van der Waals surface area contributed by atoms with Gasteiger partial charge in [-0.15, -0.1) is 0 Å². The first-order valence-corrected chi connectivity index (χ1v) is 12.3. The Morgan fingerprint density at radius 3 is 2.30 bits per heavy atom. The van der Waals surface area contributed by atoms with Gasteiger partial charge in [0.1, 0.15) is 6.54 Å². The minimum absolute atomic E-state index is 0.181. The van der Waals surface area contributed by atoms with Gasteiger partial charge in [0.15, 0.2) is 0 Å². The highest BCUT2D eigenvalue weighted by atomic mass is 32.2. The molecule has 6 heteroatoms. The molecule has 2 aromatic rings. The molecule has 1 N–H and O–H groups in total. The fourth-order valence-electron chi connectivity index (χ4n) is 4.86. The molecule has 4 rings (SSSR count). The predicted octanol–water partition coefficient (Wildman–Crippen LogP) is 4.31. The number of nitrogens with one attached hydrogen (secondary N) is 1. The van der Waals surface area contributed by atoms with Gasteiger partial charge in [-0.3, -0.25) is 9.10 Å².